The zero-order valence-electron chi connectivity index (χ0n) is 13.2. The van der Waals surface area contributed by atoms with E-state index in [2.05, 4.69) is 24.1 Å². The lowest BCUT2D eigenvalue weighted by Gasteiger charge is -2.26. The minimum absolute atomic E-state index is 0.145. The molecule has 112 valence electrons. The molecular formula is C16H27N3O. The fraction of sp³-hybridized carbons (Fsp3) is 0.562. The minimum atomic E-state index is -0.523. The summed E-state index contributed by atoms with van der Waals surface area (Å²) >= 11 is 0. The summed E-state index contributed by atoms with van der Waals surface area (Å²) in [5.74, 6) is -0.145. The first-order valence-electron chi connectivity index (χ1n) is 7.21. The van der Waals surface area contributed by atoms with Crippen molar-refractivity contribution in [2.45, 2.75) is 40.7 Å². The van der Waals surface area contributed by atoms with Crippen molar-refractivity contribution in [3.8, 4) is 0 Å². The fourth-order valence-corrected chi connectivity index (χ4v) is 1.96. The third-order valence-corrected chi connectivity index (χ3v) is 3.48. The molecule has 1 aromatic rings. The lowest BCUT2D eigenvalue weighted by Crippen LogP contribution is -2.45. The molecule has 3 N–H and O–H groups in total. The highest BCUT2D eigenvalue weighted by atomic mass is 16.2. The second-order valence-corrected chi connectivity index (χ2v) is 6.05. The Bertz CT molecular complexity index is 430. The first-order valence-corrected chi connectivity index (χ1v) is 7.21. The molecular weight excluding hydrogens is 250 g/mol. The van der Waals surface area contributed by atoms with Crippen LogP contribution in [-0.4, -0.2) is 25.0 Å². The van der Waals surface area contributed by atoms with Crippen molar-refractivity contribution < 1.29 is 4.79 Å². The van der Waals surface area contributed by atoms with Crippen LogP contribution in [0.5, 0.6) is 0 Å². The number of nitrogens with two attached hydrogens (primary N) is 1. The van der Waals surface area contributed by atoms with Gasteiger partial charge in [-0.15, -0.1) is 0 Å². The van der Waals surface area contributed by atoms with Gasteiger partial charge >= 0.3 is 0 Å². The lowest BCUT2D eigenvalue weighted by molar-refractivity contribution is -0.119. The number of nitrogens with one attached hydrogen (secondary N) is 1. The van der Waals surface area contributed by atoms with Crippen LogP contribution in [0.2, 0.25) is 0 Å². The SMILES string of the molecule is CCN(CC)c1ccc(NC(=O)C(N)C(C)(C)C)cc1. The number of benzene rings is 1. The standard InChI is InChI=1S/C16H27N3O/c1-6-19(7-2)13-10-8-12(9-11-13)18-15(20)14(17)16(3,4)5/h8-11,14H,6-7,17H2,1-5H3,(H,18,20). The van der Waals surface area contributed by atoms with Crippen LogP contribution in [0.3, 0.4) is 0 Å². The van der Waals surface area contributed by atoms with Crippen LogP contribution in [0.25, 0.3) is 0 Å². The third-order valence-electron chi connectivity index (χ3n) is 3.48. The largest absolute Gasteiger partial charge is 0.372 e. The van der Waals surface area contributed by atoms with Gasteiger partial charge in [0.05, 0.1) is 6.04 Å². The molecule has 0 bridgehead atoms. The first kappa shape index (κ1) is 16.5. The van der Waals surface area contributed by atoms with Gasteiger partial charge < -0.3 is 16.0 Å². The molecule has 4 heteroatoms. The molecule has 1 atom stereocenters. The monoisotopic (exact) mass is 277 g/mol. The second kappa shape index (κ2) is 6.75. The van der Waals surface area contributed by atoms with E-state index in [1.807, 2.05) is 45.0 Å². The Balaban J connectivity index is 2.73. The number of hydrogen-bond donors (Lipinski definition) is 2. The average Bonchev–Trinajstić information content (AvgIpc) is 2.40. The van der Waals surface area contributed by atoms with E-state index in [1.165, 1.54) is 0 Å². The molecule has 1 unspecified atom stereocenters. The van der Waals surface area contributed by atoms with Crippen molar-refractivity contribution in [1.29, 1.82) is 0 Å². The maximum Gasteiger partial charge on any atom is 0.241 e. The van der Waals surface area contributed by atoms with Gasteiger partial charge in [-0.25, -0.2) is 0 Å². The van der Waals surface area contributed by atoms with Gasteiger partial charge in [0.1, 0.15) is 0 Å². The Kier molecular flexibility index (Phi) is 5.57. The molecule has 0 aliphatic rings. The summed E-state index contributed by atoms with van der Waals surface area (Å²) < 4.78 is 0. The molecule has 0 aliphatic carbocycles. The van der Waals surface area contributed by atoms with Crippen LogP contribution in [0.4, 0.5) is 11.4 Å². The summed E-state index contributed by atoms with van der Waals surface area (Å²) in [4.78, 5) is 14.3. The lowest BCUT2D eigenvalue weighted by atomic mass is 9.87. The van der Waals surface area contributed by atoms with E-state index in [0.29, 0.717) is 0 Å². The molecule has 0 saturated heterocycles. The quantitative estimate of drug-likeness (QED) is 0.870. The van der Waals surface area contributed by atoms with Gasteiger partial charge in [0.15, 0.2) is 0 Å². The zero-order chi connectivity index (χ0) is 15.3. The molecule has 0 aliphatic heterocycles. The molecule has 1 rings (SSSR count). The Hall–Kier alpha value is -1.55. The summed E-state index contributed by atoms with van der Waals surface area (Å²) in [6.45, 7) is 12.1. The van der Waals surface area contributed by atoms with Gasteiger partial charge in [0.25, 0.3) is 0 Å². The predicted octanol–water partition coefficient (Wildman–Crippen LogP) is 2.84. The zero-order valence-corrected chi connectivity index (χ0v) is 13.2. The Morgan fingerprint density at radius 2 is 1.70 bits per heavy atom. The number of nitrogens with zero attached hydrogens (tertiary/aromatic N) is 1. The van der Waals surface area contributed by atoms with Crippen LogP contribution in [0.15, 0.2) is 24.3 Å². The summed E-state index contributed by atoms with van der Waals surface area (Å²) in [6, 6.07) is 7.35. The predicted molar refractivity (Wildman–Crippen MR) is 86.1 cm³/mol. The summed E-state index contributed by atoms with van der Waals surface area (Å²) in [6.07, 6.45) is 0. The van der Waals surface area contributed by atoms with Crippen LogP contribution in [0.1, 0.15) is 34.6 Å². The van der Waals surface area contributed by atoms with Gasteiger partial charge in [0, 0.05) is 24.5 Å². The molecule has 1 amide bonds. The van der Waals surface area contributed by atoms with Gasteiger partial charge in [-0.3, -0.25) is 4.79 Å². The van der Waals surface area contributed by atoms with Gasteiger partial charge in [0.2, 0.25) is 5.91 Å². The van der Waals surface area contributed by atoms with Crippen molar-refractivity contribution >= 4 is 17.3 Å². The van der Waals surface area contributed by atoms with Crippen LogP contribution < -0.4 is 16.0 Å². The van der Waals surface area contributed by atoms with Crippen molar-refractivity contribution in [2.24, 2.45) is 11.1 Å². The highest BCUT2D eigenvalue weighted by Gasteiger charge is 2.27. The normalized spacial score (nSPS) is 12.9. The van der Waals surface area contributed by atoms with Crippen LogP contribution in [-0.2, 0) is 4.79 Å². The second-order valence-electron chi connectivity index (χ2n) is 6.05. The number of carbonyl (C=O) groups is 1. The maximum atomic E-state index is 12.0. The summed E-state index contributed by atoms with van der Waals surface area (Å²) in [5, 5.41) is 2.87. The van der Waals surface area contributed by atoms with E-state index in [9.17, 15) is 4.79 Å². The first-order chi connectivity index (χ1) is 9.29. The van der Waals surface area contributed by atoms with E-state index < -0.39 is 6.04 Å². The molecule has 0 fully saturated rings. The Morgan fingerprint density at radius 1 is 1.20 bits per heavy atom. The Labute approximate surface area is 122 Å². The number of rotatable bonds is 5. The van der Waals surface area contributed by atoms with Crippen LogP contribution >= 0.6 is 0 Å². The number of amides is 1. The molecule has 4 nitrogen and oxygen atoms in total. The van der Waals surface area contributed by atoms with Crippen LogP contribution in [0, 0.1) is 5.41 Å². The van der Waals surface area contributed by atoms with Gasteiger partial charge in [-0.2, -0.15) is 0 Å². The molecule has 0 radical (unpaired) electrons. The Morgan fingerprint density at radius 3 is 2.10 bits per heavy atom. The summed E-state index contributed by atoms with van der Waals surface area (Å²) in [5.41, 5.74) is 7.64. The van der Waals surface area contributed by atoms with Crippen molar-refractivity contribution in [1.82, 2.24) is 0 Å². The molecule has 20 heavy (non-hydrogen) atoms. The number of hydrogen-bond acceptors (Lipinski definition) is 3. The highest BCUT2D eigenvalue weighted by molar-refractivity contribution is 5.95. The molecule has 0 spiro atoms. The van der Waals surface area contributed by atoms with Crippen molar-refractivity contribution in [3.05, 3.63) is 24.3 Å². The van der Waals surface area contributed by atoms with Crippen molar-refractivity contribution in [3.63, 3.8) is 0 Å². The van der Waals surface area contributed by atoms with Gasteiger partial charge in [-0.1, -0.05) is 20.8 Å². The number of carbonyl (C=O) groups excluding carboxylic acids is 1. The highest BCUT2D eigenvalue weighted by Crippen LogP contribution is 2.21. The van der Waals surface area contributed by atoms with E-state index in [-0.39, 0.29) is 11.3 Å². The molecule has 0 saturated carbocycles. The topological polar surface area (TPSA) is 58.4 Å². The average molecular weight is 277 g/mol. The van der Waals surface area contributed by atoms with E-state index in [0.717, 1.165) is 24.5 Å². The van der Waals surface area contributed by atoms with Gasteiger partial charge in [-0.05, 0) is 43.5 Å². The van der Waals surface area contributed by atoms with Crippen molar-refractivity contribution in [2.75, 3.05) is 23.3 Å². The summed E-state index contributed by atoms with van der Waals surface area (Å²) in [7, 11) is 0. The minimum Gasteiger partial charge on any atom is -0.372 e. The van der Waals surface area contributed by atoms with E-state index in [4.69, 9.17) is 5.73 Å². The fourth-order valence-electron chi connectivity index (χ4n) is 1.96. The molecule has 0 aromatic heterocycles. The third kappa shape index (κ3) is 4.23. The maximum absolute atomic E-state index is 12.0. The molecule has 1 aromatic carbocycles. The van der Waals surface area contributed by atoms with E-state index in [1.54, 1.807) is 0 Å². The smallest absolute Gasteiger partial charge is 0.241 e. The molecule has 0 heterocycles. The van der Waals surface area contributed by atoms with E-state index >= 15 is 0 Å². The number of anilines is 2.